The highest BCUT2D eigenvalue weighted by molar-refractivity contribution is 7.26. The van der Waals surface area contributed by atoms with Crippen molar-refractivity contribution in [2.45, 2.75) is 0 Å². The maximum absolute atomic E-state index is 9.68. The van der Waals surface area contributed by atoms with E-state index in [1.807, 2.05) is 59.1 Å². The third-order valence-electron chi connectivity index (χ3n) is 10.1. The molecule has 11 rings (SSSR count). The van der Waals surface area contributed by atoms with Gasteiger partial charge in [0, 0.05) is 63.2 Å². The second-order valence-electron chi connectivity index (χ2n) is 12.7. The van der Waals surface area contributed by atoms with Gasteiger partial charge in [-0.3, -0.25) is 0 Å². The number of aromatic nitrogens is 2. The molecule has 0 aliphatic carbocycles. The summed E-state index contributed by atoms with van der Waals surface area (Å²) >= 11 is 3.69. The van der Waals surface area contributed by atoms with Gasteiger partial charge in [-0.1, -0.05) is 54.6 Å². The minimum Gasteiger partial charge on any atom is -0.309 e. The van der Waals surface area contributed by atoms with E-state index >= 15 is 0 Å². The van der Waals surface area contributed by atoms with Gasteiger partial charge in [-0.05, 0) is 84.2 Å². The van der Waals surface area contributed by atoms with Crippen LogP contribution in [0.4, 0.5) is 5.69 Å². The van der Waals surface area contributed by atoms with E-state index in [2.05, 4.69) is 117 Å². The lowest BCUT2D eigenvalue weighted by molar-refractivity contribution is 1.19. The first kappa shape index (κ1) is 27.5. The number of thiophene rings is 2. The van der Waals surface area contributed by atoms with Gasteiger partial charge in [-0.2, -0.15) is 5.26 Å². The largest absolute Gasteiger partial charge is 0.309 e. The Morgan fingerprint density at radius 1 is 0.500 bits per heavy atom. The van der Waals surface area contributed by atoms with Crippen LogP contribution in [-0.2, 0) is 0 Å². The van der Waals surface area contributed by atoms with Crippen LogP contribution in [0.15, 0.2) is 133 Å². The molecule has 4 heterocycles. The van der Waals surface area contributed by atoms with Crippen LogP contribution in [0.3, 0.4) is 0 Å². The summed E-state index contributed by atoms with van der Waals surface area (Å²) in [6.45, 7) is 7.61. The number of nitriles is 1. The molecular formula is C44H22N4S2. The molecule has 0 aliphatic heterocycles. The molecule has 0 radical (unpaired) electrons. The van der Waals surface area contributed by atoms with Gasteiger partial charge in [0.1, 0.15) is 0 Å². The monoisotopic (exact) mass is 670 g/mol. The molecule has 4 aromatic heterocycles. The first-order valence-corrected chi connectivity index (χ1v) is 18.0. The van der Waals surface area contributed by atoms with Gasteiger partial charge < -0.3 is 9.13 Å². The van der Waals surface area contributed by atoms with Gasteiger partial charge in [0.25, 0.3) is 0 Å². The second kappa shape index (κ2) is 10.0. The average molecular weight is 671 g/mol. The standard InChI is InChI=1S/C44H22N4S2/c1-46-26-11-17-39-34(21-26)33-20-25(24-45)10-16-38(33)47(39)27-12-18-41-35(22-27)36-23-28(13-19-42(36)49-41)48-37-8-4-2-6-29(37)31-14-15-32-30-7-3-5-9-40(30)50-44(32)43(31)48/h2-23H. The highest BCUT2D eigenvalue weighted by atomic mass is 32.1. The quantitative estimate of drug-likeness (QED) is 0.169. The Morgan fingerprint density at radius 3 is 1.92 bits per heavy atom. The Labute approximate surface area is 293 Å². The molecule has 4 nitrogen and oxygen atoms in total. The second-order valence-corrected chi connectivity index (χ2v) is 14.9. The lowest BCUT2D eigenvalue weighted by atomic mass is 10.1. The molecule has 0 aliphatic rings. The summed E-state index contributed by atoms with van der Waals surface area (Å²) in [5.41, 5.74) is 7.87. The van der Waals surface area contributed by atoms with E-state index in [1.165, 1.54) is 62.2 Å². The Morgan fingerprint density at radius 2 is 1.14 bits per heavy atom. The van der Waals surface area contributed by atoms with Gasteiger partial charge in [0.15, 0.2) is 5.69 Å². The van der Waals surface area contributed by atoms with Crippen LogP contribution >= 0.6 is 22.7 Å². The lowest BCUT2D eigenvalue weighted by Gasteiger charge is -2.10. The summed E-state index contributed by atoms with van der Waals surface area (Å²) in [6, 6.07) is 49.6. The number of hydrogen-bond acceptors (Lipinski definition) is 3. The number of benzene rings is 7. The van der Waals surface area contributed by atoms with Crippen molar-refractivity contribution in [3.8, 4) is 17.4 Å². The molecule has 0 N–H and O–H groups in total. The summed E-state index contributed by atoms with van der Waals surface area (Å²) in [5, 5.41) is 19.2. The van der Waals surface area contributed by atoms with Crippen LogP contribution < -0.4 is 0 Å². The number of rotatable bonds is 2. The fourth-order valence-electron chi connectivity index (χ4n) is 7.96. The van der Waals surface area contributed by atoms with E-state index in [0.29, 0.717) is 11.3 Å². The molecule has 0 atom stereocenters. The SMILES string of the molecule is [C-]#[N+]c1ccc2c(c1)c1cc(C#N)ccc1n2-c1ccc2sc3ccc(-n4c5ccccc5c5ccc6c7ccccc7sc6c54)cc3c2c1. The average Bonchev–Trinajstić information content (AvgIpc) is 3.91. The van der Waals surface area contributed by atoms with Gasteiger partial charge in [-0.15, -0.1) is 22.7 Å². The summed E-state index contributed by atoms with van der Waals surface area (Å²) in [5.74, 6) is 0. The summed E-state index contributed by atoms with van der Waals surface area (Å²) in [4.78, 5) is 3.69. The van der Waals surface area contributed by atoms with Crippen molar-refractivity contribution in [2.24, 2.45) is 0 Å². The first-order valence-electron chi connectivity index (χ1n) is 16.3. The lowest BCUT2D eigenvalue weighted by Crippen LogP contribution is -1.94. The van der Waals surface area contributed by atoms with Crippen molar-refractivity contribution >= 4 is 112 Å². The van der Waals surface area contributed by atoms with Crippen LogP contribution in [0.1, 0.15) is 5.56 Å². The van der Waals surface area contributed by atoms with E-state index in [4.69, 9.17) is 6.57 Å². The molecule has 0 fully saturated rings. The predicted octanol–water partition coefficient (Wildman–Crippen LogP) is 13.0. The maximum Gasteiger partial charge on any atom is 0.188 e. The van der Waals surface area contributed by atoms with E-state index in [0.717, 1.165) is 33.2 Å². The molecule has 50 heavy (non-hydrogen) atoms. The number of fused-ring (bicyclic) bond motifs is 13. The molecule has 0 spiro atoms. The molecule has 0 saturated heterocycles. The topological polar surface area (TPSA) is 38.0 Å². The van der Waals surface area contributed by atoms with E-state index in [1.54, 1.807) is 0 Å². The van der Waals surface area contributed by atoms with Crippen molar-refractivity contribution < 1.29 is 0 Å². The highest BCUT2D eigenvalue weighted by Crippen LogP contribution is 2.44. The molecule has 0 unspecified atom stereocenters. The van der Waals surface area contributed by atoms with E-state index < -0.39 is 0 Å². The highest BCUT2D eigenvalue weighted by Gasteiger charge is 2.19. The first-order chi connectivity index (χ1) is 24.7. The Hall–Kier alpha value is -6.44. The van der Waals surface area contributed by atoms with Crippen molar-refractivity contribution in [2.75, 3.05) is 0 Å². The van der Waals surface area contributed by atoms with Crippen molar-refractivity contribution in [3.63, 3.8) is 0 Å². The van der Waals surface area contributed by atoms with Crippen LogP contribution in [0.2, 0.25) is 0 Å². The molecule has 6 heteroatoms. The van der Waals surface area contributed by atoms with Crippen molar-refractivity contribution in [1.82, 2.24) is 9.13 Å². The van der Waals surface area contributed by atoms with Crippen LogP contribution in [0.5, 0.6) is 0 Å². The predicted molar refractivity (Wildman–Crippen MR) is 212 cm³/mol. The van der Waals surface area contributed by atoms with Crippen LogP contribution in [0, 0.1) is 17.9 Å². The fourth-order valence-corrected chi connectivity index (χ4v) is 10.3. The molecule has 0 saturated carbocycles. The molecule has 230 valence electrons. The zero-order valence-corrected chi connectivity index (χ0v) is 27.9. The van der Waals surface area contributed by atoms with E-state index in [9.17, 15) is 5.26 Å². The van der Waals surface area contributed by atoms with Gasteiger partial charge in [-0.25, -0.2) is 4.85 Å². The van der Waals surface area contributed by atoms with Crippen LogP contribution in [0.25, 0.3) is 100 Å². The summed E-state index contributed by atoms with van der Waals surface area (Å²) in [6.07, 6.45) is 0. The maximum atomic E-state index is 9.68. The normalized spacial score (nSPS) is 12.0. The van der Waals surface area contributed by atoms with Crippen molar-refractivity contribution in [1.29, 1.82) is 5.26 Å². The zero-order valence-electron chi connectivity index (χ0n) is 26.3. The zero-order chi connectivity index (χ0) is 33.1. The molecule has 11 aromatic rings. The smallest absolute Gasteiger partial charge is 0.188 e. The number of nitrogens with zero attached hydrogens (tertiary/aromatic N) is 4. The Bertz CT molecular complexity index is 3280. The summed E-state index contributed by atoms with van der Waals surface area (Å²) in [7, 11) is 0. The van der Waals surface area contributed by atoms with E-state index in [-0.39, 0.29) is 0 Å². The van der Waals surface area contributed by atoms with Crippen molar-refractivity contribution in [3.05, 3.63) is 150 Å². The van der Waals surface area contributed by atoms with Gasteiger partial charge >= 0.3 is 0 Å². The third-order valence-corrected chi connectivity index (χ3v) is 12.5. The summed E-state index contributed by atoms with van der Waals surface area (Å²) < 4.78 is 9.82. The minimum absolute atomic E-state index is 0.587. The minimum atomic E-state index is 0.587. The number of hydrogen-bond donors (Lipinski definition) is 0. The molecular weight excluding hydrogens is 649 g/mol. The van der Waals surface area contributed by atoms with Gasteiger partial charge in [0.2, 0.25) is 0 Å². The number of para-hydroxylation sites is 1. The van der Waals surface area contributed by atoms with Crippen LogP contribution in [-0.4, -0.2) is 9.13 Å². The Balaban J connectivity index is 1.19. The molecule has 0 bridgehead atoms. The van der Waals surface area contributed by atoms with Gasteiger partial charge in [0.05, 0.1) is 45.0 Å². The third kappa shape index (κ3) is 3.67. The molecule has 7 aromatic carbocycles. The molecule has 0 amide bonds. The fraction of sp³-hybridized carbons (Fsp3) is 0. The Kier molecular flexibility index (Phi) is 5.52.